The molecule has 0 radical (unpaired) electrons. The lowest BCUT2D eigenvalue weighted by Crippen LogP contribution is -2.37. The molecule has 0 unspecified atom stereocenters. The number of hydrogen-bond acceptors (Lipinski definition) is 6. The fourth-order valence-corrected chi connectivity index (χ4v) is 3.68. The van der Waals surface area contributed by atoms with E-state index in [2.05, 4.69) is 15.2 Å². The highest BCUT2D eigenvalue weighted by Crippen LogP contribution is 2.26. The summed E-state index contributed by atoms with van der Waals surface area (Å²) in [6.45, 7) is 3.51. The van der Waals surface area contributed by atoms with E-state index < -0.39 is 0 Å². The molecule has 1 aliphatic rings. The van der Waals surface area contributed by atoms with Gasteiger partial charge in [0.2, 0.25) is 5.91 Å². The summed E-state index contributed by atoms with van der Waals surface area (Å²) in [5, 5.41) is 2.97. The van der Waals surface area contributed by atoms with Crippen LogP contribution >= 0.6 is 0 Å². The predicted octanol–water partition coefficient (Wildman–Crippen LogP) is 1.32. The second kappa shape index (κ2) is 9.10. The first-order valence-electron chi connectivity index (χ1n) is 9.93. The van der Waals surface area contributed by atoms with Gasteiger partial charge in [-0.2, -0.15) is 0 Å². The zero-order valence-electron chi connectivity index (χ0n) is 16.9. The number of ether oxygens (including phenoxy) is 2. The fourth-order valence-electron chi connectivity index (χ4n) is 3.68. The number of carbonyl (C=O) groups excluding carboxylic acids is 1. The van der Waals surface area contributed by atoms with Crippen molar-refractivity contribution < 1.29 is 14.3 Å². The summed E-state index contributed by atoms with van der Waals surface area (Å²) in [5.41, 5.74) is 2.55. The molecule has 9 heteroatoms. The first kappa shape index (κ1) is 20.1. The summed E-state index contributed by atoms with van der Waals surface area (Å²) < 4.78 is 13.5. The quantitative estimate of drug-likeness (QED) is 0.631. The van der Waals surface area contributed by atoms with Crippen molar-refractivity contribution in [3.05, 3.63) is 53.1 Å². The van der Waals surface area contributed by atoms with Crippen molar-refractivity contribution in [3.63, 3.8) is 0 Å². The fraction of sp³-hybridized carbons (Fsp3) is 0.381. The number of hydrogen-bond donors (Lipinski definition) is 1. The van der Waals surface area contributed by atoms with Crippen molar-refractivity contribution in [2.24, 2.45) is 0 Å². The van der Waals surface area contributed by atoms with Crippen LogP contribution in [0.3, 0.4) is 0 Å². The van der Waals surface area contributed by atoms with Crippen LogP contribution in [0.15, 0.2) is 47.4 Å². The molecule has 1 N–H and O–H groups in total. The van der Waals surface area contributed by atoms with Crippen LogP contribution in [0.5, 0.6) is 0 Å². The standard InChI is InChI=1S/C21H25N5O4/c1-29-12-11-25-20-18(7-4-8-22-20)26(21(25)28)15-19(27)23-16-5-2-3-6-17(16)24-9-13-30-14-10-24/h2-8H,9-15H2,1H3,(H,23,27). The molecule has 1 aliphatic heterocycles. The largest absolute Gasteiger partial charge is 0.383 e. The lowest BCUT2D eigenvalue weighted by molar-refractivity contribution is -0.116. The average molecular weight is 411 g/mol. The monoisotopic (exact) mass is 411 g/mol. The Morgan fingerprint density at radius 1 is 1.17 bits per heavy atom. The van der Waals surface area contributed by atoms with Gasteiger partial charge in [0.25, 0.3) is 0 Å². The summed E-state index contributed by atoms with van der Waals surface area (Å²) in [6.07, 6.45) is 1.63. The summed E-state index contributed by atoms with van der Waals surface area (Å²) in [4.78, 5) is 32.3. The van der Waals surface area contributed by atoms with Crippen LogP contribution < -0.4 is 15.9 Å². The number of morpholine rings is 1. The number of imidazole rings is 1. The highest BCUT2D eigenvalue weighted by atomic mass is 16.5. The number of anilines is 2. The molecule has 0 atom stereocenters. The summed E-state index contributed by atoms with van der Waals surface area (Å²) in [7, 11) is 1.58. The molecule has 3 heterocycles. The van der Waals surface area contributed by atoms with Crippen molar-refractivity contribution in [2.45, 2.75) is 13.1 Å². The molecule has 1 saturated heterocycles. The predicted molar refractivity (Wildman–Crippen MR) is 114 cm³/mol. The molecular weight excluding hydrogens is 386 g/mol. The van der Waals surface area contributed by atoms with Crippen LogP contribution in [0.4, 0.5) is 11.4 Å². The minimum atomic E-state index is -0.280. The number of rotatable bonds is 7. The minimum Gasteiger partial charge on any atom is -0.383 e. The van der Waals surface area contributed by atoms with Crippen molar-refractivity contribution >= 4 is 28.4 Å². The average Bonchev–Trinajstić information content (AvgIpc) is 3.04. The van der Waals surface area contributed by atoms with E-state index in [1.807, 2.05) is 24.3 Å². The molecule has 1 amide bonds. The highest BCUT2D eigenvalue weighted by Gasteiger charge is 2.19. The Morgan fingerprint density at radius 2 is 1.97 bits per heavy atom. The third-order valence-electron chi connectivity index (χ3n) is 5.13. The number of nitrogens with one attached hydrogen (secondary N) is 1. The molecule has 4 rings (SSSR count). The maximum absolute atomic E-state index is 12.9. The Balaban J connectivity index is 1.58. The molecule has 2 aromatic heterocycles. The second-order valence-electron chi connectivity index (χ2n) is 7.02. The highest BCUT2D eigenvalue weighted by molar-refractivity contribution is 5.94. The molecular formula is C21H25N5O4. The molecule has 3 aromatic rings. The molecule has 1 fully saturated rings. The SMILES string of the molecule is COCCn1c(=O)n(CC(=O)Nc2ccccc2N2CCOCC2)c2cccnc21. The van der Waals surface area contributed by atoms with Crippen LogP contribution in [0.1, 0.15) is 0 Å². The summed E-state index contributed by atoms with van der Waals surface area (Å²) in [5.74, 6) is -0.271. The zero-order valence-corrected chi connectivity index (χ0v) is 16.9. The zero-order chi connectivity index (χ0) is 20.9. The van der Waals surface area contributed by atoms with E-state index in [0.29, 0.717) is 37.5 Å². The van der Waals surface area contributed by atoms with Gasteiger partial charge in [0.05, 0.1) is 43.3 Å². The van der Waals surface area contributed by atoms with Crippen LogP contribution in [0.2, 0.25) is 0 Å². The molecule has 0 saturated carbocycles. The van der Waals surface area contributed by atoms with Crippen molar-refractivity contribution in [1.82, 2.24) is 14.1 Å². The van der Waals surface area contributed by atoms with Gasteiger partial charge in [-0.1, -0.05) is 12.1 Å². The number of methoxy groups -OCH3 is 1. The van der Waals surface area contributed by atoms with Crippen molar-refractivity contribution in [1.29, 1.82) is 0 Å². The Labute approximate surface area is 173 Å². The first-order chi connectivity index (χ1) is 14.7. The van der Waals surface area contributed by atoms with Gasteiger partial charge < -0.3 is 19.7 Å². The molecule has 0 aliphatic carbocycles. The molecule has 1 aromatic carbocycles. The number of fused-ring (bicyclic) bond motifs is 1. The van der Waals surface area contributed by atoms with E-state index in [4.69, 9.17) is 9.47 Å². The van der Waals surface area contributed by atoms with Gasteiger partial charge >= 0.3 is 5.69 Å². The van der Waals surface area contributed by atoms with Gasteiger partial charge in [0.1, 0.15) is 6.54 Å². The lowest BCUT2D eigenvalue weighted by Gasteiger charge is -2.30. The van der Waals surface area contributed by atoms with Gasteiger partial charge in [-0.15, -0.1) is 0 Å². The Kier molecular flexibility index (Phi) is 6.10. The van der Waals surface area contributed by atoms with Crippen LogP contribution in [-0.2, 0) is 27.4 Å². The Morgan fingerprint density at radius 3 is 2.77 bits per heavy atom. The van der Waals surface area contributed by atoms with E-state index >= 15 is 0 Å². The van der Waals surface area contributed by atoms with Crippen molar-refractivity contribution in [3.8, 4) is 0 Å². The molecule has 30 heavy (non-hydrogen) atoms. The normalized spacial score (nSPS) is 14.2. The maximum Gasteiger partial charge on any atom is 0.330 e. The minimum absolute atomic E-state index is 0.0988. The van der Waals surface area contributed by atoms with Crippen LogP contribution in [-0.4, -0.2) is 60.0 Å². The Hall–Kier alpha value is -3.17. The second-order valence-corrected chi connectivity index (χ2v) is 7.02. The van der Waals surface area contributed by atoms with E-state index in [9.17, 15) is 9.59 Å². The molecule has 0 spiro atoms. The smallest absolute Gasteiger partial charge is 0.330 e. The van der Waals surface area contributed by atoms with Gasteiger partial charge in [0, 0.05) is 26.4 Å². The molecule has 9 nitrogen and oxygen atoms in total. The van der Waals surface area contributed by atoms with Crippen LogP contribution in [0.25, 0.3) is 11.2 Å². The van der Waals surface area contributed by atoms with Gasteiger partial charge in [0.15, 0.2) is 5.65 Å². The molecule has 0 bridgehead atoms. The van der Waals surface area contributed by atoms with Gasteiger partial charge in [-0.05, 0) is 24.3 Å². The molecule has 158 valence electrons. The number of nitrogens with zero attached hydrogens (tertiary/aromatic N) is 4. The van der Waals surface area contributed by atoms with E-state index in [-0.39, 0.29) is 18.1 Å². The van der Waals surface area contributed by atoms with E-state index in [1.165, 1.54) is 9.13 Å². The first-order valence-corrected chi connectivity index (χ1v) is 9.93. The van der Waals surface area contributed by atoms with Gasteiger partial charge in [-0.3, -0.25) is 13.9 Å². The van der Waals surface area contributed by atoms with Crippen molar-refractivity contribution in [2.75, 3.05) is 50.2 Å². The summed E-state index contributed by atoms with van der Waals surface area (Å²) in [6, 6.07) is 11.2. The number of amides is 1. The third kappa shape index (κ3) is 4.07. The lowest BCUT2D eigenvalue weighted by atomic mass is 10.2. The van der Waals surface area contributed by atoms with Gasteiger partial charge in [-0.25, -0.2) is 9.78 Å². The Bertz CT molecular complexity index is 1080. The van der Waals surface area contributed by atoms with E-state index in [1.54, 1.807) is 25.4 Å². The number of aromatic nitrogens is 3. The third-order valence-corrected chi connectivity index (χ3v) is 5.13. The number of carbonyl (C=O) groups is 1. The maximum atomic E-state index is 12.9. The summed E-state index contributed by atoms with van der Waals surface area (Å²) >= 11 is 0. The van der Waals surface area contributed by atoms with Crippen LogP contribution in [0, 0.1) is 0 Å². The van der Waals surface area contributed by atoms with E-state index in [0.717, 1.165) is 24.5 Å². The number of benzene rings is 1. The number of para-hydroxylation sites is 2. The topological polar surface area (TPSA) is 90.6 Å². The number of pyridine rings is 1.